The number of nitrogens with zero attached hydrogens (tertiary/aromatic N) is 6. The van der Waals surface area contributed by atoms with E-state index in [1.807, 2.05) is 31.2 Å². The topological polar surface area (TPSA) is 85.5 Å². The van der Waals surface area contributed by atoms with Crippen molar-refractivity contribution in [3.63, 3.8) is 0 Å². The molecule has 3 unspecified atom stereocenters. The Bertz CT molecular complexity index is 2070. The molecule has 8 nitrogen and oxygen atoms in total. The van der Waals surface area contributed by atoms with Gasteiger partial charge < -0.3 is 10.6 Å². The van der Waals surface area contributed by atoms with E-state index >= 15 is 0 Å². The van der Waals surface area contributed by atoms with Gasteiger partial charge in [0, 0.05) is 16.3 Å². The first kappa shape index (κ1) is 31.2. The third-order valence-electron chi connectivity index (χ3n) is 8.51. The number of aryl methyl sites for hydroxylation is 2. The molecule has 2 aliphatic rings. The van der Waals surface area contributed by atoms with Crippen molar-refractivity contribution >= 4 is 29.2 Å². The van der Waals surface area contributed by atoms with E-state index in [9.17, 15) is 13.2 Å². The van der Waals surface area contributed by atoms with E-state index in [0.29, 0.717) is 28.9 Å². The minimum absolute atomic E-state index is 0.0166. The number of fused-ring (bicyclic) bond motifs is 2. The van der Waals surface area contributed by atoms with Gasteiger partial charge in [0.1, 0.15) is 36.1 Å². The van der Waals surface area contributed by atoms with Crippen LogP contribution in [0.25, 0.3) is 5.70 Å². The van der Waals surface area contributed by atoms with Crippen LogP contribution < -0.4 is 10.6 Å². The van der Waals surface area contributed by atoms with Gasteiger partial charge in [-0.1, -0.05) is 83.4 Å². The molecule has 0 saturated heterocycles. The molecule has 0 fully saturated rings. The second-order valence-electron chi connectivity index (χ2n) is 11.7. The molecule has 0 radical (unpaired) electrons. The van der Waals surface area contributed by atoms with Gasteiger partial charge in [-0.2, -0.15) is 20.2 Å². The van der Waals surface area contributed by atoms with Crippen LogP contribution in [0.5, 0.6) is 0 Å². The monoisotopic (exact) mass is 666 g/mol. The highest BCUT2D eigenvalue weighted by Crippen LogP contribution is 2.40. The van der Waals surface area contributed by atoms with Crippen molar-refractivity contribution in [1.82, 2.24) is 29.5 Å². The fourth-order valence-electron chi connectivity index (χ4n) is 6.04. The molecule has 6 aromatic rings. The summed E-state index contributed by atoms with van der Waals surface area (Å²) in [4.78, 5) is 8.40. The highest BCUT2D eigenvalue weighted by Gasteiger charge is 2.33. The zero-order chi connectivity index (χ0) is 33.4. The predicted molar refractivity (Wildman–Crippen MR) is 179 cm³/mol. The van der Waals surface area contributed by atoms with Gasteiger partial charge in [0.05, 0.1) is 17.6 Å². The van der Waals surface area contributed by atoms with Crippen LogP contribution in [0.1, 0.15) is 57.9 Å². The van der Waals surface area contributed by atoms with E-state index < -0.39 is 17.7 Å². The summed E-state index contributed by atoms with van der Waals surface area (Å²) in [7, 11) is 0. The van der Waals surface area contributed by atoms with Crippen LogP contribution in [0.3, 0.4) is 0 Å². The van der Waals surface area contributed by atoms with Crippen molar-refractivity contribution in [3.05, 3.63) is 160 Å². The molecule has 4 heterocycles. The Hall–Kier alpha value is -5.42. The molecule has 8 rings (SSSR count). The first-order valence-electron chi connectivity index (χ1n) is 15.3. The Morgan fingerprint density at radius 1 is 0.708 bits per heavy atom. The molecule has 2 N–H and O–H groups in total. The fraction of sp³-hybridized carbons (Fsp3) is 0.167. The summed E-state index contributed by atoms with van der Waals surface area (Å²) < 4.78 is 46.2. The Labute approximate surface area is 279 Å². The quantitative estimate of drug-likeness (QED) is 0.196. The summed E-state index contributed by atoms with van der Waals surface area (Å²) >= 11 is 6.29. The number of rotatable bonds is 4. The minimum Gasteiger partial charge on any atom is -0.348 e. The second-order valence-corrected chi connectivity index (χ2v) is 12.1. The smallest absolute Gasteiger partial charge is 0.226 e. The van der Waals surface area contributed by atoms with E-state index in [0.717, 1.165) is 22.4 Å². The van der Waals surface area contributed by atoms with Gasteiger partial charge >= 0.3 is 0 Å². The maximum atomic E-state index is 14.5. The molecule has 4 aromatic carbocycles. The molecule has 0 saturated carbocycles. The average molecular weight is 667 g/mol. The summed E-state index contributed by atoms with van der Waals surface area (Å²) in [5.74, 6) is -0.471. The Morgan fingerprint density at radius 2 is 1.29 bits per heavy atom. The van der Waals surface area contributed by atoms with Crippen LogP contribution in [-0.4, -0.2) is 29.5 Å². The summed E-state index contributed by atoms with van der Waals surface area (Å²) in [6.07, 6.45) is 5.23. The highest BCUT2D eigenvalue weighted by atomic mass is 35.5. The zero-order valence-electron chi connectivity index (χ0n) is 25.9. The molecule has 2 aromatic heterocycles. The number of hydrogen-bond acceptors (Lipinski definition) is 6. The Morgan fingerprint density at radius 3 is 1.96 bits per heavy atom. The van der Waals surface area contributed by atoms with E-state index in [1.165, 1.54) is 47.2 Å². The molecular formula is C36H30ClF3N8. The van der Waals surface area contributed by atoms with E-state index in [-0.39, 0.29) is 23.5 Å². The van der Waals surface area contributed by atoms with Gasteiger partial charge in [-0.3, -0.25) is 0 Å². The maximum Gasteiger partial charge on any atom is 0.226 e. The van der Waals surface area contributed by atoms with E-state index in [1.54, 1.807) is 22.9 Å². The Kier molecular flexibility index (Phi) is 8.45. The first-order chi connectivity index (χ1) is 23.3. The third kappa shape index (κ3) is 6.04. The standard InChI is InChI=1S/C18H16ClFN4.C18H14F2N4/c2*1-11-5-7-12(8-6-11)15-9-16(24-18(23-15)21-10-22-24)17-13(19)3-2-4-14(17)20/h2-8,10,15-16H,9H2,1H3,(H,21,22,23);2-10,16H,1H3,(H,21,22,23). The number of hydrogen-bond donors (Lipinski definition) is 2. The van der Waals surface area contributed by atoms with Crippen LogP contribution in [0.15, 0.2) is 104 Å². The van der Waals surface area contributed by atoms with Crippen molar-refractivity contribution in [3.8, 4) is 0 Å². The van der Waals surface area contributed by atoms with Crippen LogP contribution in [0.4, 0.5) is 25.1 Å². The number of anilines is 2. The van der Waals surface area contributed by atoms with Gasteiger partial charge in [0.2, 0.25) is 11.9 Å². The van der Waals surface area contributed by atoms with E-state index in [4.69, 9.17) is 11.6 Å². The summed E-state index contributed by atoms with van der Waals surface area (Å²) in [5.41, 5.74) is 5.54. The molecule has 0 amide bonds. The fourth-order valence-corrected chi connectivity index (χ4v) is 6.33. The lowest BCUT2D eigenvalue weighted by Gasteiger charge is -2.32. The van der Waals surface area contributed by atoms with Crippen LogP contribution in [0.2, 0.25) is 5.02 Å². The molecule has 0 aliphatic carbocycles. The van der Waals surface area contributed by atoms with Gasteiger partial charge in [-0.05, 0) is 61.7 Å². The number of benzene rings is 4. The predicted octanol–water partition coefficient (Wildman–Crippen LogP) is 8.45. The van der Waals surface area contributed by atoms with Crippen molar-refractivity contribution in [1.29, 1.82) is 0 Å². The molecule has 2 aliphatic heterocycles. The normalized spacial score (nSPS) is 18.0. The largest absolute Gasteiger partial charge is 0.348 e. The van der Waals surface area contributed by atoms with E-state index in [2.05, 4.69) is 62.0 Å². The summed E-state index contributed by atoms with van der Waals surface area (Å²) in [6.45, 7) is 4.05. The number of allylic oxidation sites excluding steroid dienone is 1. The molecule has 0 spiro atoms. The second kappa shape index (κ2) is 13.0. The zero-order valence-corrected chi connectivity index (χ0v) is 26.7. The van der Waals surface area contributed by atoms with Gasteiger partial charge in [0.25, 0.3) is 0 Å². The molecule has 3 atom stereocenters. The summed E-state index contributed by atoms with van der Waals surface area (Å²) in [6, 6.07) is 23.8. The lowest BCUT2D eigenvalue weighted by Crippen LogP contribution is -2.28. The van der Waals surface area contributed by atoms with Gasteiger partial charge in [-0.15, -0.1) is 0 Å². The maximum absolute atomic E-state index is 14.5. The molecule has 0 bridgehead atoms. The Balaban J connectivity index is 0.000000152. The lowest BCUT2D eigenvalue weighted by atomic mass is 9.92. The number of halogens is 4. The first-order valence-corrected chi connectivity index (χ1v) is 15.7. The average Bonchev–Trinajstić information content (AvgIpc) is 3.76. The number of aromatic nitrogens is 6. The van der Waals surface area contributed by atoms with Gasteiger partial charge in [0.15, 0.2) is 0 Å². The minimum atomic E-state index is -0.707. The number of nitrogens with one attached hydrogen (secondary N) is 2. The van der Waals surface area contributed by atoms with Crippen molar-refractivity contribution in [2.24, 2.45) is 0 Å². The van der Waals surface area contributed by atoms with Crippen molar-refractivity contribution in [2.45, 2.75) is 38.4 Å². The van der Waals surface area contributed by atoms with Crippen LogP contribution in [0, 0.1) is 31.3 Å². The summed E-state index contributed by atoms with van der Waals surface area (Å²) in [5, 5.41) is 15.3. The molecular weight excluding hydrogens is 637 g/mol. The van der Waals surface area contributed by atoms with Crippen molar-refractivity contribution < 1.29 is 13.2 Å². The van der Waals surface area contributed by atoms with Crippen molar-refractivity contribution in [2.75, 3.05) is 10.6 Å². The molecule has 12 heteroatoms. The van der Waals surface area contributed by atoms with Crippen LogP contribution >= 0.6 is 11.6 Å². The SMILES string of the molecule is Cc1ccc(C2=CC(c3c(F)cccc3F)n3ncnc3N2)cc1.Cc1ccc(C2CC(c3c(F)cccc3Cl)n3ncnc3N2)cc1. The third-order valence-corrected chi connectivity index (χ3v) is 8.84. The molecule has 48 heavy (non-hydrogen) atoms. The highest BCUT2D eigenvalue weighted by molar-refractivity contribution is 6.31. The molecule has 242 valence electrons. The van der Waals surface area contributed by atoms with Crippen LogP contribution in [-0.2, 0) is 0 Å². The van der Waals surface area contributed by atoms with Gasteiger partial charge in [-0.25, -0.2) is 22.5 Å². The lowest BCUT2D eigenvalue weighted by molar-refractivity contribution is 0.416.